The van der Waals surface area contributed by atoms with Gasteiger partial charge in [-0.2, -0.15) is 4.99 Å². The van der Waals surface area contributed by atoms with E-state index < -0.39 is 5.54 Å². The van der Waals surface area contributed by atoms with Crippen LogP contribution in [0.5, 0.6) is 5.75 Å². The van der Waals surface area contributed by atoms with Gasteiger partial charge in [-0.1, -0.05) is 13.8 Å². The molecular formula is C14H16BrNO2. The first kappa shape index (κ1) is 13.3. The van der Waals surface area contributed by atoms with Crippen molar-refractivity contribution in [2.75, 3.05) is 7.11 Å². The molecule has 1 saturated carbocycles. The second kappa shape index (κ2) is 4.87. The van der Waals surface area contributed by atoms with Crippen LogP contribution in [-0.2, 0) is 10.3 Å². The molecule has 0 bridgehead atoms. The molecular weight excluding hydrogens is 294 g/mol. The van der Waals surface area contributed by atoms with Gasteiger partial charge in [-0.05, 0) is 52.4 Å². The van der Waals surface area contributed by atoms with Crippen molar-refractivity contribution < 1.29 is 9.53 Å². The van der Waals surface area contributed by atoms with Gasteiger partial charge in [-0.3, -0.25) is 0 Å². The lowest BCUT2D eigenvalue weighted by atomic mass is 9.96. The van der Waals surface area contributed by atoms with Crippen molar-refractivity contribution in [1.29, 1.82) is 0 Å². The summed E-state index contributed by atoms with van der Waals surface area (Å²) in [5.74, 6) is 1.19. The number of benzene rings is 1. The molecule has 1 aromatic carbocycles. The Bertz CT molecular complexity index is 515. The van der Waals surface area contributed by atoms with Crippen LogP contribution in [-0.4, -0.2) is 13.2 Å². The molecule has 3 nitrogen and oxygen atoms in total. The molecule has 0 N–H and O–H groups in total. The number of rotatable bonds is 4. The van der Waals surface area contributed by atoms with E-state index in [9.17, 15) is 4.79 Å². The maximum absolute atomic E-state index is 10.6. The molecule has 0 aliphatic heterocycles. The highest BCUT2D eigenvalue weighted by atomic mass is 79.9. The number of isocyanates is 1. The van der Waals surface area contributed by atoms with Crippen LogP contribution in [0, 0.1) is 0 Å². The van der Waals surface area contributed by atoms with E-state index >= 15 is 0 Å². The van der Waals surface area contributed by atoms with Crippen LogP contribution < -0.4 is 4.74 Å². The molecule has 2 rings (SSSR count). The van der Waals surface area contributed by atoms with Crippen molar-refractivity contribution in [1.82, 2.24) is 0 Å². The topological polar surface area (TPSA) is 38.7 Å². The van der Waals surface area contributed by atoms with Gasteiger partial charge < -0.3 is 4.74 Å². The summed E-state index contributed by atoms with van der Waals surface area (Å²) in [7, 11) is 1.64. The second-order valence-corrected chi connectivity index (χ2v) is 5.83. The average molecular weight is 310 g/mol. The minimum Gasteiger partial charge on any atom is -0.495 e. The van der Waals surface area contributed by atoms with Gasteiger partial charge in [0.15, 0.2) is 0 Å². The molecule has 96 valence electrons. The molecule has 0 heterocycles. The summed E-state index contributed by atoms with van der Waals surface area (Å²) in [6.07, 6.45) is 3.46. The van der Waals surface area contributed by atoms with Crippen LogP contribution in [0.4, 0.5) is 0 Å². The van der Waals surface area contributed by atoms with Crippen LogP contribution >= 0.6 is 15.9 Å². The number of halogens is 1. The standard InChI is InChI=1S/C14H16BrNO2/c1-9(2)10-6-11(13(18-3)12(15)7-10)14(4-5-14)16-8-17/h6-7,9H,4-5H2,1-3H3. The number of hydrogen-bond donors (Lipinski definition) is 0. The van der Waals surface area contributed by atoms with Gasteiger partial charge in [0, 0.05) is 5.56 Å². The van der Waals surface area contributed by atoms with Crippen LogP contribution in [0.2, 0.25) is 0 Å². The maximum atomic E-state index is 10.6. The van der Waals surface area contributed by atoms with Gasteiger partial charge >= 0.3 is 0 Å². The van der Waals surface area contributed by atoms with E-state index in [1.165, 1.54) is 5.56 Å². The molecule has 0 unspecified atom stereocenters. The van der Waals surface area contributed by atoms with Crippen LogP contribution in [0.3, 0.4) is 0 Å². The molecule has 0 radical (unpaired) electrons. The summed E-state index contributed by atoms with van der Waals surface area (Å²) < 4.78 is 6.36. The van der Waals surface area contributed by atoms with E-state index in [1.807, 2.05) is 0 Å². The zero-order chi connectivity index (χ0) is 13.3. The molecule has 0 atom stereocenters. The van der Waals surface area contributed by atoms with Gasteiger partial charge in [-0.25, -0.2) is 4.79 Å². The summed E-state index contributed by atoms with van der Waals surface area (Å²) in [5.41, 5.74) is 1.80. The zero-order valence-corrected chi connectivity index (χ0v) is 12.4. The molecule has 1 aliphatic rings. The van der Waals surface area contributed by atoms with Crippen molar-refractivity contribution in [2.45, 2.75) is 38.1 Å². The summed E-state index contributed by atoms with van der Waals surface area (Å²) in [6.45, 7) is 4.28. The van der Waals surface area contributed by atoms with Crippen molar-refractivity contribution in [2.24, 2.45) is 4.99 Å². The van der Waals surface area contributed by atoms with E-state index in [1.54, 1.807) is 13.2 Å². The SMILES string of the molecule is COc1c(Br)cc(C(C)C)cc1C1(N=C=O)CC1. The largest absolute Gasteiger partial charge is 0.495 e. The fourth-order valence-electron chi connectivity index (χ4n) is 2.15. The van der Waals surface area contributed by atoms with Gasteiger partial charge in [0.2, 0.25) is 6.08 Å². The van der Waals surface area contributed by atoms with E-state index in [-0.39, 0.29) is 0 Å². The van der Waals surface area contributed by atoms with Gasteiger partial charge in [0.05, 0.1) is 11.6 Å². The monoisotopic (exact) mass is 309 g/mol. The minimum atomic E-state index is -0.402. The Morgan fingerprint density at radius 3 is 2.56 bits per heavy atom. The molecule has 1 fully saturated rings. The minimum absolute atomic E-state index is 0.402. The van der Waals surface area contributed by atoms with Gasteiger partial charge in [0.1, 0.15) is 11.3 Å². The first-order valence-corrected chi connectivity index (χ1v) is 6.80. The van der Waals surface area contributed by atoms with E-state index in [0.717, 1.165) is 28.6 Å². The summed E-state index contributed by atoms with van der Waals surface area (Å²) in [6, 6.07) is 4.16. The average Bonchev–Trinajstić information content (AvgIpc) is 3.09. The van der Waals surface area contributed by atoms with Crippen molar-refractivity contribution >= 4 is 22.0 Å². The quantitative estimate of drug-likeness (QED) is 0.625. The normalized spacial score (nSPS) is 16.3. The number of carbonyl (C=O) groups excluding carboxylic acids is 1. The highest BCUT2D eigenvalue weighted by Crippen LogP contribution is 2.54. The highest BCUT2D eigenvalue weighted by molar-refractivity contribution is 9.10. The number of methoxy groups -OCH3 is 1. The third-order valence-corrected chi connectivity index (χ3v) is 4.01. The van der Waals surface area contributed by atoms with Crippen LogP contribution in [0.15, 0.2) is 21.6 Å². The van der Waals surface area contributed by atoms with Crippen molar-refractivity contribution in [3.8, 4) is 5.75 Å². The Hall–Kier alpha value is -1.12. The predicted octanol–water partition coefficient (Wildman–Crippen LogP) is 3.91. The molecule has 0 saturated heterocycles. The lowest BCUT2D eigenvalue weighted by Crippen LogP contribution is -2.07. The van der Waals surface area contributed by atoms with Crippen LogP contribution in [0.1, 0.15) is 43.7 Å². The predicted molar refractivity (Wildman–Crippen MR) is 73.8 cm³/mol. The number of ether oxygens (including phenoxy) is 1. The third kappa shape index (κ3) is 2.23. The third-order valence-electron chi connectivity index (χ3n) is 3.42. The van der Waals surface area contributed by atoms with Crippen molar-refractivity contribution in [3.63, 3.8) is 0 Å². The highest BCUT2D eigenvalue weighted by Gasteiger charge is 2.47. The lowest BCUT2D eigenvalue weighted by molar-refractivity contribution is 0.401. The zero-order valence-electron chi connectivity index (χ0n) is 10.8. The number of aliphatic imine (C=N–C) groups is 1. The fraction of sp³-hybridized carbons (Fsp3) is 0.500. The Morgan fingerprint density at radius 1 is 1.44 bits per heavy atom. The molecule has 0 aromatic heterocycles. The smallest absolute Gasteiger partial charge is 0.235 e. The van der Waals surface area contributed by atoms with Gasteiger partial charge in [-0.15, -0.1) is 0 Å². The van der Waals surface area contributed by atoms with E-state index in [2.05, 4.69) is 46.9 Å². The molecule has 0 spiro atoms. The summed E-state index contributed by atoms with van der Waals surface area (Å²) in [5, 5.41) is 0. The molecule has 0 amide bonds. The van der Waals surface area contributed by atoms with Gasteiger partial charge in [0.25, 0.3) is 0 Å². The Labute approximate surface area is 115 Å². The second-order valence-electron chi connectivity index (χ2n) is 4.97. The first-order chi connectivity index (χ1) is 8.54. The Kier molecular flexibility index (Phi) is 3.60. The molecule has 1 aliphatic carbocycles. The van der Waals surface area contributed by atoms with Crippen molar-refractivity contribution in [3.05, 3.63) is 27.7 Å². The summed E-state index contributed by atoms with van der Waals surface area (Å²) in [4.78, 5) is 14.6. The Balaban J connectivity index is 2.60. The van der Waals surface area contributed by atoms with E-state index in [0.29, 0.717) is 5.92 Å². The number of hydrogen-bond acceptors (Lipinski definition) is 3. The van der Waals surface area contributed by atoms with Crippen LogP contribution in [0.25, 0.3) is 0 Å². The fourth-order valence-corrected chi connectivity index (χ4v) is 2.79. The molecule has 1 aromatic rings. The lowest BCUT2D eigenvalue weighted by Gasteiger charge is -2.18. The van der Waals surface area contributed by atoms with E-state index in [4.69, 9.17) is 4.74 Å². The summed E-state index contributed by atoms with van der Waals surface area (Å²) >= 11 is 3.53. The Morgan fingerprint density at radius 2 is 2.11 bits per heavy atom. The maximum Gasteiger partial charge on any atom is 0.235 e. The first-order valence-electron chi connectivity index (χ1n) is 6.01. The number of nitrogens with zero attached hydrogens (tertiary/aromatic N) is 1. The molecule has 4 heteroatoms. The molecule has 18 heavy (non-hydrogen) atoms.